The average Bonchev–Trinajstić information content (AvgIpc) is 2.19. The molecule has 2 heterocycles. The number of rotatable bonds is 4. The number of β-lactam (4-membered cyclic amide) rings is 1. The summed E-state index contributed by atoms with van der Waals surface area (Å²) in [6, 6.07) is 0. The van der Waals surface area contributed by atoms with Gasteiger partial charge in [-0.1, -0.05) is 19.8 Å². The van der Waals surface area contributed by atoms with E-state index in [9.17, 15) is 4.79 Å². The maximum absolute atomic E-state index is 11.2. The third kappa shape index (κ3) is 1.97. The van der Waals surface area contributed by atoms with Crippen molar-refractivity contribution in [1.29, 1.82) is 0 Å². The van der Waals surface area contributed by atoms with Crippen LogP contribution in [0.3, 0.4) is 0 Å². The van der Waals surface area contributed by atoms with Gasteiger partial charge in [0.15, 0.2) is 0 Å². The van der Waals surface area contributed by atoms with E-state index in [0.717, 1.165) is 13.0 Å². The molecule has 2 rings (SSSR count). The van der Waals surface area contributed by atoms with Crippen LogP contribution in [0, 0.1) is 0 Å². The molecule has 1 fully saturated rings. The minimum Gasteiger partial charge on any atom is -0.326 e. The Balaban J connectivity index is 1.80. The third-order valence-corrected chi connectivity index (χ3v) is 4.09. The zero-order valence-electron chi connectivity index (χ0n) is 8.66. The first-order chi connectivity index (χ1) is 6.81. The van der Waals surface area contributed by atoms with Gasteiger partial charge in [0.05, 0.1) is 11.8 Å². The van der Waals surface area contributed by atoms with Crippen LogP contribution in [0.1, 0.15) is 39.0 Å². The van der Waals surface area contributed by atoms with Crippen molar-refractivity contribution in [3.8, 4) is 0 Å². The fraction of sp³-hybridized carbons (Fsp3) is 0.727. The minimum atomic E-state index is 0.337. The molecule has 0 radical (unpaired) electrons. The Labute approximate surface area is 89.7 Å². The molecule has 0 spiro atoms. The minimum absolute atomic E-state index is 0.337. The molecule has 14 heavy (non-hydrogen) atoms. The number of carbonyl (C=O) groups is 1. The van der Waals surface area contributed by atoms with E-state index in [1.807, 2.05) is 16.7 Å². The van der Waals surface area contributed by atoms with E-state index in [1.54, 1.807) is 0 Å². The van der Waals surface area contributed by atoms with Crippen molar-refractivity contribution in [2.75, 3.05) is 6.54 Å². The Morgan fingerprint density at radius 3 is 3.14 bits per heavy atom. The molecule has 1 atom stereocenters. The zero-order chi connectivity index (χ0) is 9.97. The topological polar surface area (TPSA) is 20.3 Å². The molecule has 2 aliphatic rings. The van der Waals surface area contributed by atoms with Gasteiger partial charge in [0.2, 0.25) is 5.91 Å². The Morgan fingerprint density at radius 2 is 2.43 bits per heavy atom. The maximum atomic E-state index is 11.2. The highest BCUT2D eigenvalue weighted by Crippen LogP contribution is 2.36. The van der Waals surface area contributed by atoms with Gasteiger partial charge >= 0.3 is 0 Å². The molecule has 0 aromatic carbocycles. The van der Waals surface area contributed by atoms with Crippen molar-refractivity contribution >= 4 is 17.7 Å². The number of hydrogen-bond acceptors (Lipinski definition) is 2. The van der Waals surface area contributed by atoms with Gasteiger partial charge in [0.1, 0.15) is 0 Å². The molecule has 78 valence electrons. The smallest absolute Gasteiger partial charge is 0.226 e. The monoisotopic (exact) mass is 211 g/mol. The van der Waals surface area contributed by atoms with Gasteiger partial charge < -0.3 is 4.90 Å². The Bertz CT molecular complexity index is 262. The number of thioether (sulfide) groups is 1. The number of hydrogen-bond donors (Lipinski definition) is 0. The van der Waals surface area contributed by atoms with Gasteiger partial charge in [-0.15, -0.1) is 11.8 Å². The lowest BCUT2D eigenvalue weighted by Crippen LogP contribution is -2.52. The van der Waals surface area contributed by atoms with Crippen LogP contribution in [0.4, 0.5) is 0 Å². The normalized spacial score (nSPS) is 25.5. The van der Waals surface area contributed by atoms with Crippen molar-refractivity contribution in [1.82, 2.24) is 4.90 Å². The van der Waals surface area contributed by atoms with Crippen LogP contribution >= 0.6 is 11.8 Å². The fourth-order valence-corrected chi connectivity index (χ4v) is 3.03. The van der Waals surface area contributed by atoms with Gasteiger partial charge in [-0.3, -0.25) is 4.79 Å². The Hall–Kier alpha value is -0.440. The number of carbonyl (C=O) groups excluding carboxylic acids is 1. The van der Waals surface area contributed by atoms with Crippen LogP contribution < -0.4 is 0 Å². The molecule has 0 bridgehead atoms. The molecular formula is C11H17NOS. The first-order valence-corrected chi connectivity index (χ1v) is 6.38. The summed E-state index contributed by atoms with van der Waals surface area (Å²) >= 11 is 1.83. The molecule has 0 unspecified atom stereocenters. The summed E-state index contributed by atoms with van der Waals surface area (Å²) in [4.78, 5) is 13.2. The first-order valence-electron chi connectivity index (χ1n) is 5.44. The highest BCUT2D eigenvalue weighted by molar-refractivity contribution is 8.02. The van der Waals surface area contributed by atoms with Crippen LogP contribution in [-0.4, -0.2) is 22.7 Å². The van der Waals surface area contributed by atoms with Crippen LogP contribution in [0.15, 0.2) is 11.0 Å². The van der Waals surface area contributed by atoms with Gasteiger partial charge in [-0.25, -0.2) is 0 Å². The van der Waals surface area contributed by atoms with Gasteiger partial charge in [0.25, 0.3) is 0 Å². The Morgan fingerprint density at radius 1 is 1.57 bits per heavy atom. The van der Waals surface area contributed by atoms with Crippen molar-refractivity contribution in [2.24, 2.45) is 0 Å². The summed E-state index contributed by atoms with van der Waals surface area (Å²) in [7, 11) is 0. The second kappa shape index (κ2) is 4.39. The van der Waals surface area contributed by atoms with Crippen molar-refractivity contribution in [2.45, 2.75) is 44.4 Å². The van der Waals surface area contributed by atoms with Gasteiger partial charge in [-0.2, -0.15) is 0 Å². The summed E-state index contributed by atoms with van der Waals surface area (Å²) in [5.41, 5.74) is 1.45. The van der Waals surface area contributed by atoms with E-state index in [4.69, 9.17) is 0 Å². The van der Waals surface area contributed by atoms with E-state index in [-0.39, 0.29) is 0 Å². The number of unbranched alkanes of at least 4 members (excludes halogenated alkanes) is 2. The van der Waals surface area contributed by atoms with Crippen molar-refractivity contribution < 1.29 is 4.79 Å². The molecule has 0 aromatic heterocycles. The van der Waals surface area contributed by atoms with Crippen LogP contribution in [0.25, 0.3) is 0 Å². The second-order valence-corrected chi connectivity index (χ2v) is 5.10. The van der Waals surface area contributed by atoms with E-state index >= 15 is 0 Å². The van der Waals surface area contributed by atoms with Crippen molar-refractivity contribution in [3.05, 3.63) is 11.0 Å². The molecule has 1 amide bonds. The third-order valence-electron chi connectivity index (χ3n) is 2.88. The quantitative estimate of drug-likeness (QED) is 0.526. The molecule has 0 aromatic rings. The van der Waals surface area contributed by atoms with E-state index in [0.29, 0.717) is 11.3 Å². The molecule has 0 aliphatic carbocycles. The summed E-state index contributed by atoms with van der Waals surface area (Å²) in [6.07, 6.45) is 5.78. The predicted molar refractivity (Wildman–Crippen MR) is 59.9 cm³/mol. The zero-order valence-corrected chi connectivity index (χ0v) is 9.48. The molecule has 2 aliphatic heterocycles. The number of amides is 1. The van der Waals surface area contributed by atoms with Crippen LogP contribution in [0.5, 0.6) is 0 Å². The average molecular weight is 211 g/mol. The molecular weight excluding hydrogens is 194 g/mol. The summed E-state index contributed by atoms with van der Waals surface area (Å²) in [6.45, 7) is 3.12. The second-order valence-electron chi connectivity index (χ2n) is 4.05. The standard InChI is InChI=1S/C11H17NOS/c1-2-3-4-5-9-7-12-10(13)6-11(12)14-8-9/h8,11H,2-7H2,1H3/t11-/m1/s1. The first kappa shape index (κ1) is 10.1. The molecule has 1 saturated heterocycles. The van der Waals surface area contributed by atoms with E-state index in [1.165, 1.54) is 31.3 Å². The van der Waals surface area contributed by atoms with Gasteiger partial charge in [0, 0.05) is 6.54 Å². The highest BCUT2D eigenvalue weighted by atomic mass is 32.2. The largest absolute Gasteiger partial charge is 0.326 e. The lowest BCUT2D eigenvalue weighted by atomic mass is 10.1. The maximum Gasteiger partial charge on any atom is 0.226 e. The number of nitrogens with zero attached hydrogens (tertiary/aromatic N) is 1. The number of fused-ring (bicyclic) bond motifs is 1. The predicted octanol–water partition coefficient (Wildman–Crippen LogP) is 2.76. The fourth-order valence-electron chi connectivity index (χ4n) is 1.91. The molecule has 0 N–H and O–H groups in total. The lowest BCUT2D eigenvalue weighted by molar-refractivity contribution is -0.140. The molecule has 2 nitrogen and oxygen atoms in total. The van der Waals surface area contributed by atoms with E-state index < -0.39 is 0 Å². The SMILES string of the molecule is CCCCCC1=CS[C@@H]2CC(=O)N2C1. The van der Waals surface area contributed by atoms with E-state index in [2.05, 4.69) is 12.3 Å². The van der Waals surface area contributed by atoms with Gasteiger partial charge in [-0.05, 0) is 23.8 Å². The Kier molecular flexibility index (Phi) is 3.16. The summed E-state index contributed by atoms with van der Waals surface area (Å²) in [5.74, 6) is 0.337. The molecule has 0 saturated carbocycles. The summed E-state index contributed by atoms with van der Waals surface area (Å²) < 4.78 is 0. The van der Waals surface area contributed by atoms with Crippen LogP contribution in [0.2, 0.25) is 0 Å². The lowest BCUT2D eigenvalue weighted by Gasteiger charge is -2.42. The van der Waals surface area contributed by atoms with Crippen molar-refractivity contribution in [3.63, 3.8) is 0 Å². The molecule has 3 heteroatoms. The van der Waals surface area contributed by atoms with Crippen LogP contribution in [-0.2, 0) is 4.79 Å². The highest BCUT2D eigenvalue weighted by Gasteiger charge is 2.38. The summed E-state index contributed by atoms with van der Waals surface area (Å²) in [5, 5.41) is 2.75.